The molecular weight excluding hydrogens is 515 g/mol. The molecule has 0 aliphatic carbocycles. The number of fused-ring (bicyclic) bond motifs is 1. The van der Waals surface area contributed by atoms with Gasteiger partial charge in [-0.25, -0.2) is 4.39 Å². The first-order chi connectivity index (χ1) is 18.4. The minimum Gasteiger partial charge on any atom is -0.491 e. The third kappa shape index (κ3) is 5.36. The highest BCUT2D eigenvalue weighted by atomic mass is 35.5. The average Bonchev–Trinajstić information content (AvgIpc) is 3.33. The number of para-hydroxylation sites is 1. The molecule has 0 saturated carbocycles. The van der Waals surface area contributed by atoms with Gasteiger partial charge in [-0.1, -0.05) is 29.8 Å². The Morgan fingerprint density at radius 1 is 1.08 bits per heavy atom. The maximum atomic E-state index is 13.6. The molecule has 0 radical (unpaired) electrons. The van der Waals surface area contributed by atoms with Gasteiger partial charge in [0.05, 0.1) is 23.7 Å². The van der Waals surface area contributed by atoms with E-state index in [1.54, 1.807) is 18.2 Å². The molecule has 0 fully saturated rings. The SMILES string of the molecule is O=C1CN(C(=O)c2ccc(OCCO)cc2Cl)c2ccccc2CN1Cc1nnc(-c2ccc(F)cc2)o1. The zero-order chi connectivity index (χ0) is 26.6. The molecule has 3 aromatic carbocycles. The second-order valence-electron chi connectivity index (χ2n) is 8.49. The van der Waals surface area contributed by atoms with Crippen LogP contribution < -0.4 is 9.64 Å². The number of rotatable bonds is 7. The fraction of sp³-hybridized carbons (Fsp3) is 0.185. The smallest absolute Gasteiger partial charge is 0.260 e. The van der Waals surface area contributed by atoms with Crippen molar-refractivity contribution in [2.45, 2.75) is 13.1 Å². The van der Waals surface area contributed by atoms with E-state index in [1.807, 2.05) is 12.1 Å². The Hall–Kier alpha value is -4.28. The first-order valence-corrected chi connectivity index (χ1v) is 12.1. The molecule has 1 aliphatic rings. The summed E-state index contributed by atoms with van der Waals surface area (Å²) in [6.07, 6.45) is 0. The second-order valence-corrected chi connectivity index (χ2v) is 8.90. The van der Waals surface area contributed by atoms with Crippen LogP contribution in [0.15, 0.2) is 71.1 Å². The zero-order valence-corrected chi connectivity index (χ0v) is 20.8. The van der Waals surface area contributed by atoms with E-state index in [0.29, 0.717) is 17.0 Å². The lowest BCUT2D eigenvalue weighted by Crippen LogP contribution is -2.40. The number of benzene rings is 3. The number of aliphatic hydroxyl groups is 1. The van der Waals surface area contributed by atoms with E-state index in [2.05, 4.69) is 10.2 Å². The summed E-state index contributed by atoms with van der Waals surface area (Å²) < 4.78 is 24.3. The third-order valence-corrected chi connectivity index (χ3v) is 6.26. The molecule has 0 unspecified atom stereocenters. The second kappa shape index (κ2) is 11.0. The van der Waals surface area contributed by atoms with Crippen molar-refractivity contribution in [3.05, 3.63) is 94.6 Å². The van der Waals surface area contributed by atoms with Gasteiger partial charge in [0.1, 0.15) is 24.7 Å². The molecule has 194 valence electrons. The molecule has 2 heterocycles. The number of hydrogen-bond donors (Lipinski definition) is 1. The number of aliphatic hydroxyl groups excluding tert-OH is 1. The molecule has 38 heavy (non-hydrogen) atoms. The number of aromatic nitrogens is 2. The summed E-state index contributed by atoms with van der Waals surface area (Å²) in [4.78, 5) is 29.8. The van der Waals surface area contributed by atoms with E-state index in [-0.39, 0.29) is 66.9 Å². The maximum absolute atomic E-state index is 13.6. The Morgan fingerprint density at radius 2 is 1.87 bits per heavy atom. The summed E-state index contributed by atoms with van der Waals surface area (Å²) in [5.41, 5.74) is 2.10. The molecule has 0 saturated heterocycles. The highest BCUT2D eigenvalue weighted by molar-refractivity contribution is 6.34. The summed E-state index contributed by atoms with van der Waals surface area (Å²) in [5, 5.41) is 17.2. The lowest BCUT2D eigenvalue weighted by atomic mass is 10.1. The minimum absolute atomic E-state index is 0.0288. The minimum atomic E-state index is -0.442. The van der Waals surface area contributed by atoms with E-state index < -0.39 is 5.91 Å². The van der Waals surface area contributed by atoms with Crippen LogP contribution in [0.5, 0.6) is 5.75 Å². The standard InChI is InChI=1S/C27H22ClFN4O5/c28-22-13-20(37-12-11-34)9-10-21(22)27(36)33-16-25(35)32(14-18-3-1-2-4-23(18)33)15-24-30-31-26(38-24)17-5-7-19(29)8-6-17/h1-10,13,34H,11-12,14-16H2. The molecule has 4 aromatic rings. The summed E-state index contributed by atoms with van der Waals surface area (Å²) in [7, 11) is 0. The van der Waals surface area contributed by atoms with Crippen molar-refractivity contribution in [2.24, 2.45) is 0 Å². The molecule has 0 bridgehead atoms. The number of hydrogen-bond acceptors (Lipinski definition) is 7. The highest BCUT2D eigenvalue weighted by Gasteiger charge is 2.31. The molecule has 1 aromatic heterocycles. The first-order valence-electron chi connectivity index (χ1n) is 11.7. The molecule has 1 aliphatic heterocycles. The van der Waals surface area contributed by atoms with Gasteiger partial charge in [0.15, 0.2) is 0 Å². The lowest BCUT2D eigenvalue weighted by Gasteiger charge is -2.23. The Morgan fingerprint density at radius 3 is 2.63 bits per heavy atom. The number of carbonyl (C=O) groups excluding carboxylic acids is 2. The van der Waals surface area contributed by atoms with E-state index in [1.165, 1.54) is 46.2 Å². The van der Waals surface area contributed by atoms with E-state index in [0.717, 1.165) is 5.56 Å². The molecular formula is C27H22ClFN4O5. The van der Waals surface area contributed by atoms with Gasteiger partial charge in [0, 0.05) is 17.8 Å². The van der Waals surface area contributed by atoms with Gasteiger partial charge in [-0.2, -0.15) is 0 Å². The highest BCUT2D eigenvalue weighted by Crippen LogP contribution is 2.31. The fourth-order valence-corrected chi connectivity index (χ4v) is 4.36. The number of nitrogens with zero attached hydrogens (tertiary/aromatic N) is 4. The van der Waals surface area contributed by atoms with Gasteiger partial charge in [-0.05, 0) is 54.1 Å². The number of halogens is 2. The first kappa shape index (κ1) is 25.4. The maximum Gasteiger partial charge on any atom is 0.260 e. The Balaban J connectivity index is 1.38. The number of amides is 2. The van der Waals surface area contributed by atoms with Crippen molar-refractivity contribution in [2.75, 3.05) is 24.7 Å². The molecule has 1 N–H and O–H groups in total. The molecule has 5 rings (SSSR count). The van der Waals surface area contributed by atoms with Crippen molar-refractivity contribution < 1.29 is 28.2 Å². The van der Waals surface area contributed by atoms with Crippen LogP contribution in [0.2, 0.25) is 5.02 Å². The Kier molecular flexibility index (Phi) is 7.34. The topological polar surface area (TPSA) is 109 Å². The van der Waals surface area contributed by atoms with Gasteiger partial charge in [0.2, 0.25) is 17.7 Å². The van der Waals surface area contributed by atoms with Crippen LogP contribution >= 0.6 is 11.6 Å². The quantitative estimate of drug-likeness (QED) is 0.379. The summed E-state index contributed by atoms with van der Waals surface area (Å²) >= 11 is 6.39. The monoisotopic (exact) mass is 536 g/mol. The van der Waals surface area contributed by atoms with Crippen LogP contribution in [-0.4, -0.2) is 51.8 Å². The van der Waals surface area contributed by atoms with Gasteiger partial charge in [0.25, 0.3) is 5.91 Å². The van der Waals surface area contributed by atoms with Crippen molar-refractivity contribution in [1.29, 1.82) is 0 Å². The van der Waals surface area contributed by atoms with E-state index >= 15 is 0 Å². The number of ether oxygens (including phenoxy) is 1. The molecule has 0 atom stereocenters. The van der Waals surface area contributed by atoms with E-state index in [4.69, 9.17) is 25.9 Å². The summed E-state index contributed by atoms with van der Waals surface area (Å²) in [5.74, 6) is -0.317. The molecule has 9 nitrogen and oxygen atoms in total. The van der Waals surface area contributed by atoms with Crippen molar-refractivity contribution in [3.63, 3.8) is 0 Å². The zero-order valence-electron chi connectivity index (χ0n) is 20.0. The summed E-state index contributed by atoms with van der Waals surface area (Å²) in [6.45, 7) is -0.0405. The summed E-state index contributed by atoms with van der Waals surface area (Å²) in [6, 6.07) is 17.5. The average molecular weight is 537 g/mol. The van der Waals surface area contributed by atoms with E-state index in [9.17, 15) is 14.0 Å². The predicted octanol–water partition coefficient (Wildman–Crippen LogP) is 4.09. The molecule has 0 spiro atoms. The molecule has 11 heteroatoms. The van der Waals surface area contributed by atoms with Crippen molar-refractivity contribution in [3.8, 4) is 17.2 Å². The Labute approximate surface area is 222 Å². The van der Waals surface area contributed by atoms with Crippen LogP contribution in [0.3, 0.4) is 0 Å². The largest absolute Gasteiger partial charge is 0.491 e. The van der Waals surface area contributed by atoms with Crippen molar-refractivity contribution in [1.82, 2.24) is 15.1 Å². The van der Waals surface area contributed by atoms with Crippen LogP contribution in [0, 0.1) is 5.82 Å². The fourth-order valence-electron chi connectivity index (χ4n) is 4.11. The van der Waals surface area contributed by atoms with Crippen LogP contribution in [-0.2, 0) is 17.9 Å². The third-order valence-electron chi connectivity index (χ3n) is 5.95. The number of carbonyl (C=O) groups is 2. The van der Waals surface area contributed by atoms with Crippen LogP contribution in [0.1, 0.15) is 21.8 Å². The van der Waals surface area contributed by atoms with Crippen LogP contribution in [0.4, 0.5) is 10.1 Å². The van der Waals surface area contributed by atoms with Gasteiger partial charge in [-0.3, -0.25) is 14.5 Å². The predicted molar refractivity (Wildman–Crippen MR) is 136 cm³/mol. The van der Waals surface area contributed by atoms with Crippen LogP contribution in [0.25, 0.3) is 11.5 Å². The van der Waals surface area contributed by atoms with Gasteiger partial charge in [-0.15, -0.1) is 10.2 Å². The molecule has 2 amide bonds. The van der Waals surface area contributed by atoms with Gasteiger partial charge < -0.3 is 19.2 Å². The van der Waals surface area contributed by atoms with Gasteiger partial charge >= 0.3 is 0 Å². The lowest BCUT2D eigenvalue weighted by molar-refractivity contribution is -0.131. The van der Waals surface area contributed by atoms with Crippen molar-refractivity contribution >= 4 is 29.1 Å². The number of anilines is 1. The Bertz CT molecular complexity index is 1480. The normalized spacial score (nSPS) is 13.3.